The van der Waals surface area contributed by atoms with E-state index in [1.807, 2.05) is 32.9 Å². The van der Waals surface area contributed by atoms with Gasteiger partial charge in [-0.2, -0.15) is 0 Å². The quantitative estimate of drug-likeness (QED) is 0.0977. The van der Waals surface area contributed by atoms with Crippen LogP contribution in [0, 0.1) is 26.2 Å². The molecule has 248 valence electrons. The van der Waals surface area contributed by atoms with Gasteiger partial charge in [-0.05, 0) is 111 Å². The number of rotatable bonds is 11. The van der Waals surface area contributed by atoms with E-state index in [4.69, 9.17) is 14.2 Å². The number of aliphatic hydroxyl groups excluding tert-OH is 2. The van der Waals surface area contributed by atoms with Crippen LogP contribution in [-0.2, 0) is 14.4 Å². The monoisotopic (exact) mass is 648 g/mol. The standard InChI is InChI=1S/C40H40O8/c1-23(2)37(43)46-31-13-9-28(10-14-31)33-19-30(35-26(6)17-25(5)18-27(35)7)20-34(36(33)48-39(45)40(8,21-41)22-42)29-11-15-32(16-12-29)47-38(44)24(3)4/h9-20,41-42H,1,3,21-22H2,2,4-8H3. The molecule has 0 aliphatic rings. The highest BCUT2D eigenvalue weighted by molar-refractivity contribution is 5.93. The van der Waals surface area contributed by atoms with Crippen LogP contribution in [0.4, 0.5) is 0 Å². The molecule has 0 spiro atoms. The molecule has 4 rings (SSSR count). The lowest BCUT2D eigenvalue weighted by Crippen LogP contribution is -2.38. The fraction of sp³-hybridized carbons (Fsp3) is 0.225. The van der Waals surface area contributed by atoms with Crippen molar-refractivity contribution < 1.29 is 38.8 Å². The highest BCUT2D eigenvalue weighted by atomic mass is 16.5. The van der Waals surface area contributed by atoms with Gasteiger partial charge in [0.1, 0.15) is 22.7 Å². The van der Waals surface area contributed by atoms with E-state index >= 15 is 0 Å². The Hall–Kier alpha value is -5.31. The molecule has 8 nitrogen and oxygen atoms in total. The molecule has 0 radical (unpaired) electrons. The number of ether oxygens (including phenoxy) is 3. The number of esters is 3. The molecule has 0 unspecified atom stereocenters. The minimum atomic E-state index is -1.58. The van der Waals surface area contributed by atoms with E-state index in [9.17, 15) is 24.6 Å². The van der Waals surface area contributed by atoms with Crippen molar-refractivity contribution in [3.05, 3.63) is 114 Å². The summed E-state index contributed by atoms with van der Waals surface area (Å²) in [6.45, 7) is 16.6. The second-order valence-corrected chi connectivity index (χ2v) is 12.3. The number of aliphatic hydroxyl groups is 2. The lowest BCUT2D eigenvalue weighted by atomic mass is 9.88. The minimum absolute atomic E-state index is 0.178. The van der Waals surface area contributed by atoms with Crippen LogP contribution in [0.3, 0.4) is 0 Å². The van der Waals surface area contributed by atoms with Gasteiger partial charge < -0.3 is 24.4 Å². The maximum Gasteiger partial charge on any atom is 0.338 e. The lowest BCUT2D eigenvalue weighted by molar-refractivity contribution is -0.149. The van der Waals surface area contributed by atoms with Crippen LogP contribution in [0.1, 0.15) is 37.5 Å². The summed E-state index contributed by atoms with van der Waals surface area (Å²) in [5, 5.41) is 20.0. The van der Waals surface area contributed by atoms with Crippen LogP contribution in [0.25, 0.3) is 33.4 Å². The Morgan fingerprint density at radius 1 is 0.646 bits per heavy atom. The number of benzene rings is 4. The molecule has 0 atom stereocenters. The molecule has 4 aromatic carbocycles. The molecule has 8 heteroatoms. The summed E-state index contributed by atoms with van der Waals surface area (Å²) < 4.78 is 16.9. The molecular weight excluding hydrogens is 608 g/mol. The molecule has 0 aromatic heterocycles. The minimum Gasteiger partial charge on any atom is -0.425 e. The van der Waals surface area contributed by atoms with Gasteiger partial charge in [0.2, 0.25) is 0 Å². The first kappa shape index (κ1) is 35.5. The van der Waals surface area contributed by atoms with Crippen LogP contribution in [0.5, 0.6) is 17.2 Å². The number of hydrogen-bond acceptors (Lipinski definition) is 8. The number of aryl methyl sites for hydroxylation is 3. The van der Waals surface area contributed by atoms with Gasteiger partial charge in [-0.3, -0.25) is 4.79 Å². The zero-order valence-corrected chi connectivity index (χ0v) is 28.1. The van der Waals surface area contributed by atoms with E-state index in [1.54, 1.807) is 62.4 Å². The van der Waals surface area contributed by atoms with Crippen molar-refractivity contribution in [2.45, 2.75) is 41.5 Å². The van der Waals surface area contributed by atoms with E-state index in [-0.39, 0.29) is 16.9 Å². The van der Waals surface area contributed by atoms with Gasteiger partial charge in [-0.1, -0.05) is 55.1 Å². The summed E-state index contributed by atoms with van der Waals surface area (Å²) in [4.78, 5) is 37.9. The van der Waals surface area contributed by atoms with Gasteiger partial charge in [-0.25, -0.2) is 9.59 Å². The molecule has 0 aliphatic carbocycles. The predicted molar refractivity (Wildman–Crippen MR) is 186 cm³/mol. The molecule has 2 N–H and O–H groups in total. The number of carbonyl (C=O) groups is 3. The van der Waals surface area contributed by atoms with Crippen LogP contribution in [-0.4, -0.2) is 41.3 Å². The largest absolute Gasteiger partial charge is 0.425 e. The molecule has 48 heavy (non-hydrogen) atoms. The first-order chi connectivity index (χ1) is 22.7. The smallest absolute Gasteiger partial charge is 0.338 e. The van der Waals surface area contributed by atoms with Crippen molar-refractivity contribution in [3.8, 4) is 50.6 Å². The van der Waals surface area contributed by atoms with Crippen LogP contribution < -0.4 is 14.2 Å². The first-order valence-electron chi connectivity index (χ1n) is 15.3. The second-order valence-electron chi connectivity index (χ2n) is 12.3. The van der Waals surface area contributed by atoms with Crippen molar-refractivity contribution in [2.24, 2.45) is 5.41 Å². The number of hydrogen-bond donors (Lipinski definition) is 2. The normalized spacial score (nSPS) is 11.1. The zero-order chi connectivity index (χ0) is 35.3. The van der Waals surface area contributed by atoms with Crippen molar-refractivity contribution in [1.82, 2.24) is 0 Å². The molecule has 4 aromatic rings. The first-order valence-corrected chi connectivity index (χ1v) is 15.3. The van der Waals surface area contributed by atoms with E-state index in [2.05, 4.69) is 25.3 Å². The molecular formula is C40H40O8. The van der Waals surface area contributed by atoms with E-state index in [0.717, 1.165) is 27.8 Å². The highest BCUT2D eigenvalue weighted by Crippen LogP contribution is 2.45. The lowest BCUT2D eigenvalue weighted by Gasteiger charge is -2.25. The third-order valence-electron chi connectivity index (χ3n) is 7.89. The summed E-state index contributed by atoms with van der Waals surface area (Å²) in [6, 6.07) is 21.5. The van der Waals surface area contributed by atoms with Crippen molar-refractivity contribution in [2.75, 3.05) is 13.2 Å². The molecule has 0 heterocycles. The summed E-state index contributed by atoms with van der Waals surface area (Å²) in [5.74, 6) is -1.16. The Labute approximate surface area is 280 Å². The van der Waals surface area contributed by atoms with Gasteiger partial charge in [0.05, 0.1) is 13.2 Å². The maximum atomic E-state index is 13.6. The van der Waals surface area contributed by atoms with E-state index in [1.165, 1.54) is 6.92 Å². The SMILES string of the molecule is C=C(C)C(=O)Oc1ccc(-c2cc(-c3c(C)cc(C)cc3C)cc(-c3ccc(OC(=O)C(=C)C)cc3)c2OC(=O)C(C)(CO)CO)cc1. The average molecular weight is 649 g/mol. The van der Waals surface area contributed by atoms with Gasteiger partial charge in [0.25, 0.3) is 0 Å². The van der Waals surface area contributed by atoms with Gasteiger partial charge >= 0.3 is 17.9 Å². The van der Waals surface area contributed by atoms with Crippen LogP contribution in [0.2, 0.25) is 0 Å². The van der Waals surface area contributed by atoms with Gasteiger partial charge in [0.15, 0.2) is 0 Å². The maximum absolute atomic E-state index is 13.6. The Balaban J connectivity index is 2.01. The van der Waals surface area contributed by atoms with E-state index < -0.39 is 36.5 Å². The van der Waals surface area contributed by atoms with Crippen LogP contribution >= 0.6 is 0 Å². The van der Waals surface area contributed by atoms with Crippen molar-refractivity contribution in [1.29, 1.82) is 0 Å². The average Bonchev–Trinajstić information content (AvgIpc) is 3.04. The van der Waals surface area contributed by atoms with Crippen LogP contribution in [0.15, 0.2) is 97.1 Å². The summed E-state index contributed by atoms with van der Waals surface area (Å²) >= 11 is 0. The van der Waals surface area contributed by atoms with Crippen molar-refractivity contribution >= 4 is 17.9 Å². The third-order valence-corrected chi connectivity index (χ3v) is 7.89. The summed E-state index contributed by atoms with van der Waals surface area (Å²) in [5.41, 5.74) is 6.32. The zero-order valence-electron chi connectivity index (χ0n) is 28.1. The molecule has 0 aliphatic heterocycles. The Morgan fingerprint density at radius 2 is 1.04 bits per heavy atom. The highest BCUT2D eigenvalue weighted by Gasteiger charge is 2.35. The van der Waals surface area contributed by atoms with Gasteiger partial charge in [-0.15, -0.1) is 0 Å². The molecule has 0 saturated heterocycles. The Morgan fingerprint density at radius 3 is 1.40 bits per heavy atom. The summed E-state index contributed by atoms with van der Waals surface area (Å²) in [7, 11) is 0. The molecule has 0 fully saturated rings. The second kappa shape index (κ2) is 14.6. The number of carbonyl (C=O) groups excluding carboxylic acids is 3. The van der Waals surface area contributed by atoms with Crippen molar-refractivity contribution in [3.63, 3.8) is 0 Å². The Kier molecular flexibility index (Phi) is 10.8. The fourth-order valence-corrected chi connectivity index (χ4v) is 5.14. The molecule has 0 bridgehead atoms. The van der Waals surface area contributed by atoms with E-state index in [0.29, 0.717) is 33.8 Å². The molecule has 0 saturated carbocycles. The molecule has 0 amide bonds. The topological polar surface area (TPSA) is 119 Å². The predicted octanol–water partition coefficient (Wildman–Crippen LogP) is 7.47. The van der Waals surface area contributed by atoms with Gasteiger partial charge in [0, 0.05) is 22.3 Å². The fourth-order valence-electron chi connectivity index (χ4n) is 5.14. The third kappa shape index (κ3) is 7.79. The summed E-state index contributed by atoms with van der Waals surface area (Å²) in [6.07, 6.45) is 0. The Bertz CT molecular complexity index is 1780.